The van der Waals surface area contributed by atoms with Crippen LogP contribution in [0, 0.1) is 6.92 Å². The van der Waals surface area contributed by atoms with E-state index in [0.29, 0.717) is 6.54 Å². The number of benzene rings is 1. The van der Waals surface area contributed by atoms with E-state index in [0.717, 1.165) is 59.0 Å². The number of ether oxygens (including phenoxy) is 1. The van der Waals surface area contributed by atoms with Crippen molar-refractivity contribution in [3.63, 3.8) is 0 Å². The smallest absolute Gasteiger partial charge is 0.250 e. The first-order valence-corrected chi connectivity index (χ1v) is 11.5. The van der Waals surface area contributed by atoms with E-state index in [2.05, 4.69) is 44.7 Å². The van der Waals surface area contributed by atoms with E-state index < -0.39 is 0 Å². The summed E-state index contributed by atoms with van der Waals surface area (Å²) in [6, 6.07) is 10.5. The van der Waals surface area contributed by atoms with Crippen molar-refractivity contribution in [1.29, 1.82) is 0 Å². The third-order valence-corrected chi connectivity index (χ3v) is 6.39. The van der Waals surface area contributed by atoms with Crippen LogP contribution >= 0.6 is 0 Å². The van der Waals surface area contributed by atoms with Gasteiger partial charge in [0.2, 0.25) is 5.91 Å². The number of hydrogen-bond acceptors (Lipinski definition) is 4. The zero-order chi connectivity index (χ0) is 22.8. The van der Waals surface area contributed by atoms with Crippen molar-refractivity contribution >= 4 is 11.7 Å². The summed E-state index contributed by atoms with van der Waals surface area (Å²) in [6.45, 7) is 10.9. The van der Waals surface area contributed by atoms with Crippen molar-refractivity contribution in [1.82, 2.24) is 9.88 Å². The zero-order valence-electron chi connectivity index (χ0n) is 19.8. The molecule has 32 heavy (non-hydrogen) atoms. The summed E-state index contributed by atoms with van der Waals surface area (Å²) in [5.41, 5.74) is 5.31. The molecular formula is C27H33N3O2. The lowest BCUT2D eigenvalue weighted by atomic mass is 9.95. The number of nitrogens with zero attached hydrogens (tertiary/aromatic N) is 3. The summed E-state index contributed by atoms with van der Waals surface area (Å²) in [5.74, 6) is 2.32. The summed E-state index contributed by atoms with van der Waals surface area (Å²) >= 11 is 0. The Morgan fingerprint density at radius 2 is 1.97 bits per heavy atom. The van der Waals surface area contributed by atoms with Gasteiger partial charge in [0.15, 0.2) is 0 Å². The molecule has 0 radical (unpaired) electrons. The number of aromatic nitrogens is 1. The van der Waals surface area contributed by atoms with Gasteiger partial charge in [0.05, 0.1) is 12.8 Å². The summed E-state index contributed by atoms with van der Waals surface area (Å²) < 4.78 is 5.63. The molecule has 1 aliphatic heterocycles. The first kappa shape index (κ1) is 22.1. The molecule has 5 heteroatoms. The molecule has 1 saturated heterocycles. The van der Waals surface area contributed by atoms with Crippen LogP contribution in [-0.4, -0.2) is 48.6 Å². The Morgan fingerprint density at radius 3 is 2.62 bits per heavy atom. The van der Waals surface area contributed by atoms with E-state index in [1.807, 2.05) is 41.3 Å². The van der Waals surface area contributed by atoms with Gasteiger partial charge in [-0.2, -0.15) is 0 Å². The van der Waals surface area contributed by atoms with Gasteiger partial charge in [-0.15, -0.1) is 0 Å². The number of allylic oxidation sites excluding steroid dienone is 3. The van der Waals surface area contributed by atoms with Crippen LogP contribution in [0.5, 0.6) is 5.75 Å². The maximum Gasteiger partial charge on any atom is 0.250 e. The number of rotatable bonds is 5. The van der Waals surface area contributed by atoms with E-state index >= 15 is 0 Å². The second-order valence-corrected chi connectivity index (χ2v) is 9.03. The molecule has 5 nitrogen and oxygen atoms in total. The molecule has 1 fully saturated rings. The number of piperazine rings is 1. The number of anilines is 1. The standard InChI is InChI=1S/C27H33N3O2/c1-18(2)25-23(22-12-8-9-13-24(22)32-5)16-19(3)26(28-25)29-14-15-30(20(4)17-29)27(31)21-10-6-7-11-21/h6-10,12-13,16,18,20H,11,14-15,17H2,1-5H3. The fourth-order valence-electron chi connectivity index (χ4n) is 4.70. The van der Waals surface area contributed by atoms with E-state index in [-0.39, 0.29) is 17.9 Å². The fraction of sp³-hybridized carbons (Fsp3) is 0.407. The maximum absolute atomic E-state index is 12.9. The van der Waals surface area contributed by atoms with Gasteiger partial charge in [-0.25, -0.2) is 4.98 Å². The SMILES string of the molecule is COc1ccccc1-c1cc(C)c(N2CCN(C(=O)C3=CC=CC3)C(C)C2)nc1C(C)C. The molecule has 1 atom stereocenters. The topological polar surface area (TPSA) is 45.7 Å². The van der Waals surface area contributed by atoms with E-state index in [1.54, 1.807) is 7.11 Å². The molecule has 2 aromatic rings. The van der Waals surface area contributed by atoms with Crippen LogP contribution in [0.3, 0.4) is 0 Å². The first-order valence-electron chi connectivity index (χ1n) is 11.5. The molecular weight excluding hydrogens is 398 g/mol. The maximum atomic E-state index is 12.9. The Balaban J connectivity index is 1.62. The van der Waals surface area contributed by atoms with Crippen molar-refractivity contribution in [2.75, 3.05) is 31.6 Å². The van der Waals surface area contributed by atoms with Crippen LogP contribution in [0.2, 0.25) is 0 Å². The number of hydrogen-bond donors (Lipinski definition) is 0. The van der Waals surface area contributed by atoms with Crippen molar-refractivity contribution in [2.45, 2.75) is 46.1 Å². The van der Waals surface area contributed by atoms with Crippen LogP contribution in [-0.2, 0) is 4.79 Å². The molecule has 4 rings (SSSR count). The molecule has 1 aromatic heterocycles. The minimum atomic E-state index is 0.135. The van der Waals surface area contributed by atoms with Crippen molar-refractivity contribution < 1.29 is 9.53 Å². The molecule has 1 aliphatic carbocycles. The monoisotopic (exact) mass is 431 g/mol. The fourth-order valence-corrected chi connectivity index (χ4v) is 4.70. The highest BCUT2D eigenvalue weighted by Gasteiger charge is 2.31. The lowest BCUT2D eigenvalue weighted by Crippen LogP contribution is -2.54. The largest absolute Gasteiger partial charge is 0.496 e. The van der Waals surface area contributed by atoms with Gasteiger partial charge >= 0.3 is 0 Å². The molecule has 0 N–H and O–H groups in total. The Morgan fingerprint density at radius 1 is 1.19 bits per heavy atom. The van der Waals surface area contributed by atoms with E-state index in [9.17, 15) is 4.79 Å². The summed E-state index contributed by atoms with van der Waals surface area (Å²) in [6.07, 6.45) is 6.70. The van der Waals surface area contributed by atoms with Gasteiger partial charge in [0, 0.05) is 42.4 Å². The van der Waals surface area contributed by atoms with Crippen LogP contribution in [0.1, 0.15) is 44.4 Å². The van der Waals surface area contributed by atoms with Gasteiger partial charge in [-0.3, -0.25) is 4.79 Å². The third-order valence-electron chi connectivity index (χ3n) is 6.39. The lowest BCUT2D eigenvalue weighted by molar-refractivity contribution is -0.129. The Bertz CT molecular complexity index is 1070. The number of amides is 1. The van der Waals surface area contributed by atoms with Crippen molar-refractivity contribution in [3.05, 3.63) is 65.4 Å². The third kappa shape index (κ3) is 4.16. The lowest BCUT2D eigenvalue weighted by Gasteiger charge is -2.41. The minimum Gasteiger partial charge on any atom is -0.496 e. The molecule has 2 heterocycles. The average Bonchev–Trinajstić information content (AvgIpc) is 3.33. The Kier molecular flexibility index (Phi) is 6.35. The normalized spacial score (nSPS) is 18.3. The van der Waals surface area contributed by atoms with Crippen molar-refractivity contribution in [3.8, 4) is 16.9 Å². The molecule has 0 bridgehead atoms. The highest BCUT2D eigenvalue weighted by Crippen LogP contribution is 2.37. The second-order valence-electron chi connectivity index (χ2n) is 9.03. The number of carbonyl (C=O) groups excluding carboxylic acids is 1. The van der Waals surface area contributed by atoms with Crippen LogP contribution < -0.4 is 9.64 Å². The molecule has 0 saturated carbocycles. The van der Waals surface area contributed by atoms with Gasteiger partial charge in [0.1, 0.15) is 11.6 Å². The molecule has 2 aliphatic rings. The molecule has 1 unspecified atom stereocenters. The first-order chi connectivity index (χ1) is 15.4. The van der Waals surface area contributed by atoms with Crippen molar-refractivity contribution in [2.24, 2.45) is 0 Å². The summed E-state index contributed by atoms with van der Waals surface area (Å²) in [5, 5.41) is 0. The summed E-state index contributed by atoms with van der Waals surface area (Å²) in [7, 11) is 1.71. The van der Waals surface area contributed by atoms with E-state index in [1.165, 1.54) is 0 Å². The molecule has 1 amide bonds. The number of methoxy groups -OCH3 is 1. The Hall–Kier alpha value is -3.08. The van der Waals surface area contributed by atoms with Crippen LogP contribution in [0.25, 0.3) is 11.1 Å². The predicted octanol–water partition coefficient (Wildman–Crippen LogP) is 5.11. The van der Waals surface area contributed by atoms with Gasteiger partial charge in [-0.1, -0.05) is 50.3 Å². The zero-order valence-corrected chi connectivity index (χ0v) is 19.8. The predicted molar refractivity (Wildman–Crippen MR) is 130 cm³/mol. The molecule has 1 aromatic carbocycles. The highest BCUT2D eigenvalue weighted by atomic mass is 16.5. The average molecular weight is 432 g/mol. The number of para-hydroxylation sites is 1. The summed E-state index contributed by atoms with van der Waals surface area (Å²) in [4.78, 5) is 22.4. The van der Waals surface area contributed by atoms with Crippen LogP contribution in [0.4, 0.5) is 5.82 Å². The minimum absolute atomic E-state index is 0.135. The van der Waals surface area contributed by atoms with Gasteiger partial charge in [-0.05, 0) is 43.9 Å². The highest BCUT2D eigenvalue weighted by molar-refractivity contribution is 5.95. The number of pyridine rings is 1. The van der Waals surface area contributed by atoms with E-state index in [4.69, 9.17) is 9.72 Å². The van der Waals surface area contributed by atoms with Crippen LogP contribution in [0.15, 0.2) is 54.1 Å². The quantitative estimate of drug-likeness (QED) is 0.660. The second kappa shape index (κ2) is 9.19. The molecule has 168 valence electrons. The van der Waals surface area contributed by atoms with Gasteiger partial charge < -0.3 is 14.5 Å². The number of aryl methyl sites for hydroxylation is 1. The Labute approximate surface area is 191 Å². The van der Waals surface area contributed by atoms with Gasteiger partial charge in [0.25, 0.3) is 0 Å². The number of carbonyl (C=O) groups is 1. The molecule has 0 spiro atoms.